The third kappa shape index (κ3) is 4.05. The molecule has 144 valence electrons. The Morgan fingerprint density at radius 2 is 2.04 bits per heavy atom. The van der Waals surface area contributed by atoms with E-state index in [0.29, 0.717) is 61.4 Å². The van der Waals surface area contributed by atoms with Crippen LogP contribution in [0.3, 0.4) is 0 Å². The number of nitrogens with two attached hydrogens (primary N) is 1. The lowest BCUT2D eigenvalue weighted by molar-refractivity contribution is -0.126. The number of carbonyl (C=O) groups is 2. The molecule has 0 bridgehead atoms. The van der Waals surface area contributed by atoms with Crippen LogP contribution >= 0.6 is 0 Å². The lowest BCUT2D eigenvalue weighted by atomic mass is 9.96. The number of amides is 2. The van der Waals surface area contributed by atoms with Crippen molar-refractivity contribution in [3.63, 3.8) is 0 Å². The van der Waals surface area contributed by atoms with E-state index < -0.39 is 5.82 Å². The monoisotopic (exact) mass is 373 g/mol. The van der Waals surface area contributed by atoms with Crippen molar-refractivity contribution in [2.75, 3.05) is 26.2 Å². The van der Waals surface area contributed by atoms with E-state index >= 15 is 0 Å². The van der Waals surface area contributed by atoms with E-state index in [-0.39, 0.29) is 23.3 Å². The van der Waals surface area contributed by atoms with E-state index in [1.54, 1.807) is 18.7 Å². The van der Waals surface area contributed by atoms with E-state index in [1.807, 2.05) is 0 Å². The van der Waals surface area contributed by atoms with Gasteiger partial charge >= 0.3 is 0 Å². The fourth-order valence-corrected chi connectivity index (χ4v) is 3.35. The average Bonchev–Trinajstić information content (AvgIpc) is 2.66. The molecule has 2 amide bonds. The zero-order chi connectivity index (χ0) is 19.6. The Kier molecular flexibility index (Phi) is 5.65. The van der Waals surface area contributed by atoms with Gasteiger partial charge in [-0.1, -0.05) is 0 Å². The number of benzene rings is 1. The van der Waals surface area contributed by atoms with E-state index in [0.717, 1.165) is 0 Å². The molecule has 1 fully saturated rings. The summed E-state index contributed by atoms with van der Waals surface area (Å²) in [4.78, 5) is 35.7. The van der Waals surface area contributed by atoms with E-state index in [9.17, 15) is 14.0 Å². The van der Waals surface area contributed by atoms with Crippen molar-refractivity contribution in [3.8, 4) is 0 Å². The molecule has 0 spiro atoms. The molecule has 27 heavy (non-hydrogen) atoms. The third-order valence-corrected chi connectivity index (χ3v) is 4.90. The van der Waals surface area contributed by atoms with Gasteiger partial charge in [0.1, 0.15) is 11.3 Å². The van der Waals surface area contributed by atoms with Crippen molar-refractivity contribution < 1.29 is 14.0 Å². The maximum absolute atomic E-state index is 14.1. The van der Waals surface area contributed by atoms with Gasteiger partial charge < -0.3 is 16.0 Å². The molecule has 8 heteroatoms. The van der Waals surface area contributed by atoms with Crippen molar-refractivity contribution in [2.45, 2.75) is 26.7 Å². The number of aryl methyl sites for hydroxylation is 2. The first-order valence-electron chi connectivity index (χ1n) is 9.12. The van der Waals surface area contributed by atoms with E-state index in [1.165, 1.54) is 12.1 Å². The molecular weight excluding hydrogens is 349 g/mol. The lowest BCUT2D eigenvalue weighted by Gasteiger charge is -2.32. The highest BCUT2D eigenvalue weighted by molar-refractivity contribution is 6.05. The second-order valence-electron chi connectivity index (χ2n) is 6.89. The first-order chi connectivity index (χ1) is 12.9. The van der Waals surface area contributed by atoms with Crippen LogP contribution in [0, 0.1) is 25.6 Å². The molecule has 2 heterocycles. The van der Waals surface area contributed by atoms with Crippen LogP contribution in [0.5, 0.6) is 0 Å². The summed E-state index contributed by atoms with van der Waals surface area (Å²) in [5, 5.41) is 2.77. The largest absolute Gasteiger partial charge is 0.355 e. The molecule has 1 aromatic carbocycles. The van der Waals surface area contributed by atoms with Crippen LogP contribution < -0.4 is 11.1 Å². The molecule has 7 nitrogen and oxygen atoms in total. The predicted molar refractivity (Wildman–Crippen MR) is 99.7 cm³/mol. The van der Waals surface area contributed by atoms with Crippen LogP contribution in [0.1, 0.15) is 34.6 Å². The molecule has 1 atom stereocenters. The van der Waals surface area contributed by atoms with Gasteiger partial charge in [0.25, 0.3) is 5.91 Å². The molecule has 1 saturated heterocycles. The highest BCUT2D eigenvalue weighted by Gasteiger charge is 2.30. The maximum Gasteiger partial charge on any atom is 0.256 e. The lowest BCUT2D eigenvalue weighted by Crippen LogP contribution is -2.46. The van der Waals surface area contributed by atoms with Gasteiger partial charge in [-0.2, -0.15) is 0 Å². The topological polar surface area (TPSA) is 101 Å². The highest BCUT2D eigenvalue weighted by Crippen LogP contribution is 2.24. The van der Waals surface area contributed by atoms with Crippen molar-refractivity contribution in [2.24, 2.45) is 11.7 Å². The van der Waals surface area contributed by atoms with E-state index in [2.05, 4.69) is 15.3 Å². The standard InChI is InChI=1S/C19H24FN5O2/c1-11-12(2)24-17-15(8-14(20)9-16(17)23-11)19(27)25-7-3-4-13(10-25)18(26)22-6-5-21/h8-9,13H,3-7,10,21H2,1-2H3,(H,22,26). The normalized spacial score (nSPS) is 17.2. The first kappa shape index (κ1) is 19.2. The number of piperidine rings is 1. The van der Waals surface area contributed by atoms with Gasteiger partial charge in [0.05, 0.1) is 28.4 Å². The smallest absolute Gasteiger partial charge is 0.256 e. The van der Waals surface area contributed by atoms with Gasteiger partial charge in [-0.05, 0) is 32.8 Å². The van der Waals surface area contributed by atoms with Crippen molar-refractivity contribution in [3.05, 3.63) is 34.9 Å². The molecule has 2 aromatic rings. The second-order valence-corrected chi connectivity index (χ2v) is 6.89. The van der Waals surface area contributed by atoms with Crippen LogP contribution in [-0.2, 0) is 4.79 Å². The van der Waals surface area contributed by atoms with Crippen molar-refractivity contribution in [1.29, 1.82) is 0 Å². The molecule has 1 aliphatic rings. The molecule has 0 radical (unpaired) electrons. The summed E-state index contributed by atoms with van der Waals surface area (Å²) in [7, 11) is 0. The second kappa shape index (κ2) is 7.96. The number of hydrogen-bond acceptors (Lipinski definition) is 5. The minimum Gasteiger partial charge on any atom is -0.355 e. The number of rotatable bonds is 4. The summed E-state index contributed by atoms with van der Waals surface area (Å²) in [5.41, 5.74) is 7.74. The Balaban J connectivity index is 1.89. The Morgan fingerprint density at radius 3 is 2.78 bits per heavy atom. The Morgan fingerprint density at radius 1 is 1.30 bits per heavy atom. The Labute approximate surface area is 157 Å². The quantitative estimate of drug-likeness (QED) is 0.842. The fraction of sp³-hybridized carbons (Fsp3) is 0.474. The Bertz CT molecular complexity index is 886. The number of likely N-dealkylation sites (tertiary alicyclic amines) is 1. The average molecular weight is 373 g/mol. The highest BCUT2D eigenvalue weighted by atomic mass is 19.1. The van der Waals surface area contributed by atoms with Crippen LogP contribution in [0.15, 0.2) is 12.1 Å². The van der Waals surface area contributed by atoms with Gasteiger partial charge in [-0.25, -0.2) is 14.4 Å². The molecule has 1 aromatic heterocycles. The molecule has 1 aliphatic heterocycles. The number of aromatic nitrogens is 2. The molecule has 3 N–H and O–H groups in total. The Hall–Kier alpha value is -2.61. The predicted octanol–water partition coefficient (Wildman–Crippen LogP) is 1.31. The van der Waals surface area contributed by atoms with Crippen molar-refractivity contribution in [1.82, 2.24) is 20.2 Å². The third-order valence-electron chi connectivity index (χ3n) is 4.90. The first-order valence-corrected chi connectivity index (χ1v) is 9.12. The summed E-state index contributed by atoms with van der Waals surface area (Å²) in [6.45, 7) is 5.20. The van der Waals surface area contributed by atoms with Gasteiger partial charge in [0, 0.05) is 32.2 Å². The fourth-order valence-electron chi connectivity index (χ4n) is 3.35. The summed E-state index contributed by atoms with van der Waals surface area (Å²) >= 11 is 0. The molecule has 0 saturated carbocycles. The van der Waals surface area contributed by atoms with Crippen LogP contribution in [-0.4, -0.2) is 52.9 Å². The van der Waals surface area contributed by atoms with Gasteiger partial charge in [-0.15, -0.1) is 0 Å². The summed E-state index contributed by atoms with van der Waals surface area (Å²) in [6, 6.07) is 2.48. The number of hydrogen-bond donors (Lipinski definition) is 2. The van der Waals surface area contributed by atoms with Gasteiger partial charge in [0.2, 0.25) is 5.91 Å². The minimum atomic E-state index is -0.530. The zero-order valence-electron chi connectivity index (χ0n) is 15.6. The minimum absolute atomic E-state index is 0.103. The zero-order valence-corrected chi connectivity index (χ0v) is 15.6. The molecule has 0 aliphatic carbocycles. The summed E-state index contributed by atoms with van der Waals surface area (Å²) in [6.07, 6.45) is 1.42. The molecule has 1 unspecified atom stereocenters. The summed E-state index contributed by atoms with van der Waals surface area (Å²) in [5.74, 6) is -1.25. The molecular formula is C19H24FN5O2. The number of carbonyl (C=O) groups excluding carboxylic acids is 2. The van der Waals surface area contributed by atoms with Crippen LogP contribution in [0.25, 0.3) is 11.0 Å². The van der Waals surface area contributed by atoms with Gasteiger partial charge in [0.15, 0.2) is 0 Å². The van der Waals surface area contributed by atoms with Crippen LogP contribution in [0.4, 0.5) is 4.39 Å². The molecule has 3 rings (SSSR count). The van der Waals surface area contributed by atoms with Crippen LogP contribution in [0.2, 0.25) is 0 Å². The number of nitrogens with zero attached hydrogens (tertiary/aromatic N) is 3. The van der Waals surface area contributed by atoms with Gasteiger partial charge in [-0.3, -0.25) is 9.59 Å². The number of halogens is 1. The van der Waals surface area contributed by atoms with Crippen molar-refractivity contribution >= 4 is 22.8 Å². The van der Waals surface area contributed by atoms with E-state index in [4.69, 9.17) is 5.73 Å². The number of nitrogens with one attached hydrogen (secondary N) is 1. The SMILES string of the molecule is Cc1nc2cc(F)cc(C(=O)N3CCCC(C(=O)NCCN)C3)c2nc1C. The summed E-state index contributed by atoms with van der Waals surface area (Å²) < 4.78 is 14.1. The maximum atomic E-state index is 14.1. The number of fused-ring (bicyclic) bond motifs is 1.